The molecule has 1 saturated carbocycles. The summed E-state index contributed by atoms with van der Waals surface area (Å²) in [7, 11) is 0. The predicted molar refractivity (Wildman–Crippen MR) is 105 cm³/mol. The number of furan rings is 1. The fourth-order valence-corrected chi connectivity index (χ4v) is 4.94. The lowest BCUT2D eigenvalue weighted by Gasteiger charge is -2.49. The normalized spacial score (nSPS) is 25.3. The van der Waals surface area contributed by atoms with Crippen LogP contribution in [0.1, 0.15) is 49.8 Å². The Labute approximate surface area is 172 Å². The number of hydrogen-bond acceptors (Lipinski definition) is 6. The lowest BCUT2D eigenvalue weighted by atomic mass is 9.56. The van der Waals surface area contributed by atoms with Gasteiger partial charge in [0.05, 0.1) is 12.2 Å². The molecule has 0 unspecified atom stereocenters. The third-order valence-electron chi connectivity index (χ3n) is 6.20. The Bertz CT molecular complexity index is 1140. The molecule has 0 amide bonds. The van der Waals surface area contributed by atoms with Crippen LogP contribution in [0.5, 0.6) is 0 Å². The predicted octanol–water partition coefficient (Wildman–Crippen LogP) is 3.81. The van der Waals surface area contributed by atoms with Crippen LogP contribution in [-0.2, 0) is 23.9 Å². The zero-order valence-electron chi connectivity index (χ0n) is 16.6. The van der Waals surface area contributed by atoms with Crippen LogP contribution in [0.25, 0.3) is 10.9 Å². The Morgan fingerprint density at radius 3 is 2.33 bits per heavy atom. The number of benzene rings is 1. The average molecular weight is 407 g/mol. The van der Waals surface area contributed by atoms with E-state index in [0.717, 1.165) is 10.9 Å². The highest BCUT2D eigenvalue weighted by molar-refractivity contribution is 6.07. The van der Waals surface area contributed by atoms with Gasteiger partial charge in [-0.1, -0.05) is 18.2 Å². The summed E-state index contributed by atoms with van der Waals surface area (Å²) in [4.78, 5) is 43.1. The van der Waals surface area contributed by atoms with Crippen LogP contribution < -0.4 is 0 Å². The van der Waals surface area contributed by atoms with E-state index in [4.69, 9.17) is 13.9 Å². The van der Waals surface area contributed by atoms with Gasteiger partial charge in [-0.2, -0.15) is 0 Å². The van der Waals surface area contributed by atoms with Gasteiger partial charge >= 0.3 is 11.9 Å². The van der Waals surface area contributed by atoms with E-state index < -0.39 is 35.0 Å². The third kappa shape index (κ3) is 2.54. The van der Waals surface area contributed by atoms with E-state index in [1.807, 2.05) is 24.3 Å². The molecule has 3 heterocycles. The van der Waals surface area contributed by atoms with E-state index in [1.54, 1.807) is 18.3 Å². The summed E-state index contributed by atoms with van der Waals surface area (Å²) < 4.78 is 16.8. The van der Waals surface area contributed by atoms with Gasteiger partial charge < -0.3 is 18.9 Å². The van der Waals surface area contributed by atoms with Gasteiger partial charge in [0, 0.05) is 49.7 Å². The van der Waals surface area contributed by atoms with Crippen molar-refractivity contribution in [1.82, 2.24) is 4.98 Å². The molecule has 1 saturated heterocycles. The molecule has 1 aliphatic carbocycles. The van der Waals surface area contributed by atoms with Gasteiger partial charge in [0.25, 0.3) is 5.79 Å². The summed E-state index contributed by atoms with van der Waals surface area (Å²) in [6.07, 6.45) is 3.25. The SMILES string of the molecule is CC1(C)OC(=O)C2(C(=O)O1)[C@@H](c1ccco1)CC(=O)C[C@H]2c1c[nH]c2ccccc12. The maximum Gasteiger partial charge on any atom is 0.328 e. The van der Waals surface area contributed by atoms with Gasteiger partial charge in [-0.15, -0.1) is 0 Å². The highest BCUT2D eigenvalue weighted by atomic mass is 16.7. The van der Waals surface area contributed by atoms with Crippen molar-refractivity contribution in [3.63, 3.8) is 0 Å². The van der Waals surface area contributed by atoms with Gasteiger partial charge in [-0.05, 0) is 23.8 Å². The van der Waals surface area contributed by atoms with Crippen molar-refractivity contribution in [3.05, 3.63) is 60.2 Å². The van der Waals surface area contributed by atoms with Crippen molar-refractivity contribution in [3.8, 4) is 0 Å². The fraction of sp³-hybridized carbons (Fsp3) is 0.348. The maximum atomic E-state index is 13.6. The van der Waals surface area contributed by atoms with Crippen LogP contribution >= 0.6 is 0 Å². The molecule has 2 aliphatic rings. The number of carbonyl (C=O) groups is 3. The third-order valence-corrected chi connectivity index (χ3v) is 6.20. The largest absolute Gasteiger partial charge is 0.469 e. The molecule has 154 valence electrons. The summed E-state index contributed by atoms with van der Waals surface area (Å²) in [6.45, 7) is 3.04. The van der Waals surface area contributed by atoms with Crippen LogP contribution in [0.4, 0.5) is 0 Å². The zero-order chi connectivity index (χ0) is 21.1. The molecule has 7 nitrogen and oxygen atoms in total. The summed E-state index contributed by atoms with van der Waals surface area (Å²) in [5.74, 6) is -3.98. The standard InChI is InChI=1S/C23H21NO6/c1-22(2)29-20(26)23(21(27)30-22)16(15-12-24-18-7-4-3-6-14(15)18)10-13(25)11-17(23)19-8-5-9-28-19/h3-9,12,16-17,24H,10-11H2,1-2H3/t16-,17+/m0/s1. The van der Waals surface area contributed by atoms with Gasteiger partial charge in [-0.3, -0.25) is 14.4 Å². The summed E-state index contributed by atoms with van der Waals surface area (Å²) in [6, 6.07) is 10.9. The number of Topliss-reactive ketones (excluding diaryl/α,β-unsaturated/α-hetero) is 1. The summed E-state index contributed by atoms with van der Waals surface area (Å²) >= 11 is 0. The molecule has 3 aromatic rings. The van der Waals surface area contributed by atoms with Crippen molar-refractivity contribution in [2.75, 3.05) is 0 Å². The molecule has 2 aromatic heterocycles. The Morgan fingerprint density at radius 2 is 1.63 bits per heavy atom. The smallest absolute Gasteiger partial charge is 0.328 e. The van der Waals surface area contributed by atoms with E-state index >= 15 is 0 Å². The fourth-order valence-electron chi connectivity index (χ4n) is 4.94. The summed E-state index contributed by atoms with van der Waals surface area (Å²) in [5, 5.41) is 0.847. The van der Waals surface area contributed by atoms with E-state index in [0.29, 0.717) is 11.3 Å². The minimum atomic E-state index is -1.72. The van der Waals surface area contributed by atoms with Gasteiger partial charge in [0.1, 0.15) is 11.5 Å². The van der Waals surface area contributed by atoms with E-state index in [-0.39, 0.29) is 18.6 Å². The van der Waals surface area contributed by atoms with Crippen molar-refractivity contribution >= 4 is 28.6 Å². The minimum Gasteiger partial charge on any atom is -0.469 e. The van der Waals surface area contributed by atoms with Crippen LogP contribution in [-0.4, -0.2) is 28.5 Å². The molecule has 2 fully saturated rings. The number of fused-ring (bicyclic) bond motifs is 1. The Hall–Kier alpha value is -3.35. The number of nitrogens with one attached hydrogen (secondary N) is 1. The van der Waals surface area contributed by atoms with E-state index in [1.165, 1.54) is 20.1 Å². The number of H-pyrrole nitrogens is 1. The molecular weight excluding hydrogens is 386 g/mol. The Balaban J connectivity index is 1.76. The van der Waals surface area contributed by atoms with Crippen LogP contribution in [0, 0.1) is 5.41 Å². The van der Waals surface area contributed by atoms with E-state index in [2.05, 4.69) is 4.98 Å². The lowest BCUT2D eigenvalue weighted by Crippen LogP contribution is -2.61. The minimum absolute atomic E-state index is 0.00298. The molecule has 30 heavy (non-hydrogen) atoms. The molecule has 0 radical (unpaired) electrons. The molecule has 0 bridgehead atoms. The number of rotatable bonds is 2. The number of aromatic amines is 1. The topological polar surface area (TPSA) is 98.6 Å². The Kier molecular flexibility index (Phi) is 3.93. The number of hydrogen-bond donors (Lipinski definition) is 1. The summed E-state index contributed by atoms with van der Waals surface area (Å²) in [5.41, 5.74) is -0.149. The molecule has 2 atom stereocenters. The van der Waals surface area contributed by atoms with Crippen LogP contribution in [0.3, 0.4) is 0 Å². The van der Waals surface area contributed by atoms with Gasteiger partial charge in [0.2, 0.25) is 0 Å². The van der Waals surface area contributed by atoms with Crippen LogP contribution in [0.2, 0.25) is 0 Å². The van der Waals surface area contributed by atoms with Gasteiger partial charge in [0.15, 0.2) is 5.41 Å². The number of ketones is 1. The molecule has 1 aromatic carbocycles. The van der Waals surface area contributed by atoms with Crippen LogP contribution in [0.15, 0.2) is 53.3 Å². The second-order valence-electron chi connectivity index (χ2n) is 8.41. The first-order valence-electron chi connectivity index (χ1n) is 9.91. The first kappa shape index (κ1) is 18.7. The number of ether oxygens (including phenoxy) is 2. The molecule has 5 rings (SSSR count). The highest BCUT2D eigenvalue weighted by Gasteiger charge is 2.68. The maximum absolute atomic E-state index is 13.6. The molecule has 1 aliphatic heterocycles. The molecule has 7 heteroatoms. The van der Waals surface area contributed by atoms with Crippen molar-refractivity contribution < 1.29 is 28.3 Å². The number of carbonyl (C=O) groups excluding carboxylic acids is 3. The molecular formula is C23H21NO6. The van der Waals surface area contributed by atoms with Crippen molar-refractivity contribution in [2.45, 2.75) is 44.3 Å². The lowest BCUT2D eigenvalue weighted by molar-refractivity contribution is -0.256. The first-order valence-corrected chi connectivity index (χ1v) is 9.91. The number of para-hydroxylation sites is 1. The first-order chi connectivity index (χ1) is 14.3. The monoisotopic (exact) mass is 407 g/mol. The average Bonchev–Trinajstić information content (AvgIpc) is 3.35. The second kappa shape index (κ2) is 6.32. The molecule has 1 N–H and O–H groups in total. The zero-order valence-corrected chi connectivity index (χ0v) is 16.6. The van der Waals surface area contributed by atoms with Crippen molar-refractivity contribution in [1.29, 1.82) is 0 Å². The van der Waals surface area contributed by atoms with E-state index in [9.17, 15) is 14.4 Å². The molecule has 1 spiro atoms. The second-order valence-corrected chi connectivity index (χ2v) is 8.41. The highest BCUT2D eigenvalue weighted by Crippen LogP contribution is 2.58. The number of cyclic esters (lactones) is 2. The number of esters is 2. The van der Waals surface area contributed by atoms with Gasteiger partial charge in [-0.25, -0.2) is 0 Å². The number of aromatic nitrogens is 1. The Morgan fingerprint density at radius 1 is 0.933 bits per heavy atom. The van der Waals surface area contributed by atoms with Crippen molar-refractivity contribution in [2.24, 2.45) is 5.41 Å². The quantitative estimate of drug-likeness (QED) is 0.512.